The predicted octanol–water partition coefficient (Wildman–Crippen LogP) is 1.77. The van der Waals surface area contributed by atoms with Crippen molar-refractivity contribution >= 4 is 31.6 Å². The standard InChI is InChI=1S/C11H13BrN2O5S/c1-13(9-4-5-19-7-9)20(17,18)11-6-8(12)2-3-10(11)14(15)16/h2-3,6,9H,4-5,7H2,1H3. The molecule has 1 heterocycles. The Morgan fingerprint density at radius 3 is 2.75 bits per heavy atom. The van der Waals surface area contributed by atoms with Crippen LogP contribution in [-0.2, 0) is 14.8 Å². The molecule has 9 heteroatoms. The Hall–Kier alpha value is -1.03. The molecule has 0 aliphatic carbocycles. The van der Waals surface area contributed by atoms with E-state index in [0.717, 1.165) is 4.31 Å². The third-order valence-electron chi connectivity index (χ3n) is 3.20. The van der Waals surface area contributed by atoms with Gasteiger partial charge in [-0.15, -0.1) is 0 Å². The molecule has 1 saturated heterocycles. The van der Waals surface area contributed by atoms with E-state index in [1.54, 1.807) is 0 Å². The highest BCUT2D eigenvalue weighted by Gasteiger charge is 2.35. The zero-order chi connectivity index (χ0) is 14.9. The van der Waals surface area contributed by atoms with Crippen LogP contribution in [0.15, 0.2) is 27.6 Å². The topological polar surface area (TPSA) is 89.8 Å². The average Bonchev–Trinajstić information content (AvgIpc) is 2.91. The number of sulfonamides is 1. The summed E-state index contributed by atoms with van der Waals surface area (Å²) in [5.74, 6) is 0. The van der Waals surface area contributed by atoms with Gasteiger partial charge in [0.1, 0.15) is 0 Å². The van der Waals surface area contributed by atoms with Gasteiger partial charge in [0.25, 0.3) is 5.69 Å². The summed E-state index contributed by atoms with van der Waals surface area (Å²) in [7, 11) is -2.52. The average molecular weight is 365 g/mol. The largest absolute Gasteiger partial charge is 0.380 e. The van der Waals surface area contributed by atoms with Gasteiger partial charge in [0.15, 0.2) is 4.90 Å². The number of nitrogens with zero attached hydrogens (tertiary/aromatic N) is 2. The van der Waals surface area contributed by atoms with Gasteiger partial charge in [0, 0.05) is 24.2 Å². The highest BCUT2D eigenvalue weighted by atomic mass is 79.9. The molecule has 1 aromatic carbocycles. The molecule has 110 valence electrons. The van der Waals surface area contributed by atoms with Gasteiger partial charge >= 0.3 is 0 Å². The number of benzene rings is 1. The van der Waals surface area contributed by atoms with Crippen molar-refractivity contribution in [1.82, 2.24) is 4.31 Å². The minimum Gasteiger partial charge on any atom is -0.380 e. The van der Waals surface area contributed by atoms with Gasteiger partial charge in [-0.25, -0.2) is 8.42 Å². The van der Waals surface area contributed by atoms with Crippen molar-refractivity contribution in [2.45, 2.75) is 17.4 Å². The SMILES string of the molecule is CN(C1CCOC1)S(=O)(=O)c1cc(Br)ccc1[N+](=O)[O-]. The van der Waals surface area contributed by atoms with Crippen LogP contribution in [0.5, 0.6) is 0 Å². The molecule has 0 radical (unpaired) electrons. The number of nitro benzene ring substituents is 1. The lowest BCUT2D eigenvalue weighted by Crippen LogP contribution is -2.37. The fraction of sp³-hybridized carbons (Fsp3) is 0.455. The van der Waals surface area contributed by atoms with Crippen LogP contribution >= 0.6 is 15.9 Å². The summed E-state index contributed by atoms with van der Waals surface area (Å²) in [5, 5.41) is 11.0. The van der Waals surface area contributed by atoms with E-state index < -0.39 is 20.6 Å². The van der Waals surface area contributed by atoms with E-state index in [-0.39, 0.29) is 10.9 Å². The lowest BCUT2D eigenvalue weighted by molar-refractivity contribution is -0.387. The van der Waals surface area contributed by atoms with Gasteiger partial charge in [-0.1, -0.05) is 15.9 Å². The van der Waals surface area contributed by atoms with Crippen molar-refractivity contribution in [2.75, 3.05) is 20.3 Å². The van der Waals surface area contributed by atoms with Gasteiger partial charge in [0.05, 0.1) is 17.6 Å². The molecule has 0 saturated carbocycles. The Bertz CT molecular complexity index is 628. The summed E-state index contributed by atoms with van der Waals surface area (Å²) in [6.45, 7) is 0.794. The van der Waals surface area contributed by atoms with Crippen LogP contribution in [0, 0.1) is 10.1 Å². The summed E-state index contributed by atoms with van der Waals surface area (Å²) in [4.78, 5) is 10.00. The van der Waals surface area contributed by atoms with E-state index in [1.807, 2.05) is 0 Å². The molecular weight excluding hydrogens is 352 g/mol. The highest BCUT2D eigenvalue weighted by Crippen LogP contribution is 2.30. The lowest BCUT2D eigenvalue weighted by Gasteiger charge is -2.22. The second kappa shape index (κ2) is 5.76. The number of nitro groups is 1. The van der Waals surface area contributed by atoms with E-state index >= 15 is 0 Å². The Labute approximate surface area is 124 Å². The van der Waals surface area contributed by atoms with Gasteiger partial charge in [0.2, 0.25) is 10.0 Å². The third-order valence-corrected chi connectivity index (χ3v) is 5.63. The Morgan fingerprint density at radius 1 is 1.50 bits per heavy atom. The number of rotatable bonds is 4. The molecule has 1 fully saturated rings. The summed E-state index contributed by atoms with van der Waals surface area (Å²) < 4.78 is 31.9. The van der Waals surface area contributed by atoms with Gasteiger partial charge in [-0.05, 0) is 18.6 Å². The molecule has 20 heavy (non-hydrogen) atoms. The summed E-state index contributed by atoms with van der Waals surface area (Å²) in [6.07, 6.45) is 0.581. The first kappa shape index (κ1) is 15.4. The van der Waals surface area contributed by atoms with Crippen molar-refractivity contribution in [3.8, 4) is 0 Å². The molecule has 7 nitrogen and oxygen atoms in total. The number of hydrogen-bond donors (Lipinski definition) is 0. The van der Waals surface area contributed by atoms with Crippen LogP contribution in [0.1, 0.15) is 6.42 Å². The summed E-state index contributed by atoms with van der Waals surface area (Å²) in [6, 6.07) is 3.57. The molecule has 1 atom stereocenters. The maximum Gasteiger partial charge on any atom is 0.289 e. The molecule has 1 aliphatic rings. The van der Waals surface area contributed by atoms with E-state index in [9.17, 15) is 18.5 Å². The summed E-state index contributed by atoms with van der Waals surface area (Å²) >= 11 is 3.14. The number of likely N-dealkylation sites (N-methyl/N-ethyl adjacent to an activating group) is 1. The minimum absolute atomic E-state index is 0.293. The maximum atomic E-state index is 12.5. The van der Waals surface area contributed by atoms with Crippen LogP contribution in [-0.4, -0.2) is 43.9 Å². The monoisotopic (exact) mass is 364 g/mol. The Balaban J connectivity index is 2.47. The molecule has 2 rings (SSSR count). The maximum absolute atomic E-state index is 12.5. The van der Waals surface area contributed by atoms with Crippen LogP contribution < -0.4 is 0 Å². The van der Waals surface area contributed by atoms with Crippen molar-refractivity contribution in [2.24, 2.45) is 0 Å². The van der Waals surface area contributed by atoms with E-state index in [2.05, 4.69) is 15.9 Å². The molecular formula is C11H13BrN2O5S. The molecule has 0 amide bonds. The van der Waals surface area contributed by atoms with E-state index in [4.69, 9.17) is 4.74 Å². The van der Waals surface area contributed by atoms with Crippen molar-refractivity contribution in [3.05, 3.63) is 32.8 Å². The summed E-state index contributed by atoms with van der Waals surface area (Å²) in [5.41, 5.74) is -0.432. The number of halogens is 1. The molecule has 1 aliphatic heterocycles. The fourth-order valence-corrected chi connectivity index (χ4v) is 4.07. The fourth-order valence-electron chi connectivity index (χ4n) is 2.01. The van der Waals surface area contributed by atoms with Gasteiger partial charge in [-0.3, -0.25) is 10.1 Å². The Kier molecular flexibility index (Phi) is 4.43. The first-order valence-corrected chi connectivity index (χ1v) is 8.07. The van der Waals surface area contributed by atoms with Crippen molar-refractivity contribution < 1.29 is 18.1 Å². The van der Waals surface area contributed by atoms with Crippen LogP contribution in [0.3, 0.4) is 0 Å². The highest BCUT2D eigenvalue weighted by molar-refractivity contribution is 9.10. The molecule has 0 bridgehead atoms. The molecule has 0 spiro atoms. The van der Waals surface area contributed by atoms with Gasteiger partial charge in [-0.2, -0.15) is 4.31 Å². The first-order chi connectivity index (χ1) is 9.34. The lowest BCUT2D eigenvalue weighted by atomic mass is 10.3. The van der Waals surface area contributed by atoms with E-state index in [1.165, 1.54) is 25.2 Å². The first-order valence-electron chi connectivity index (χ1n) is 5.84. The zero-order valence-corrected chi connectivity index (χ0v) is 13.1. The third kappa shape index (κ3) is 2.85. The van der Waals surface area contributed by atoms with Crippen LogP contribution in [0.25, 0.3) is 0 Å². The molecule has 1 unspecified atom stereocenters. The molecule has 0 N–H and O–H groups in total. The van der Waals surface area contributed by atoms with Crippen LogP contribution in [0.2, 0.25) is 0 Å². The van der Waals surface area contributed by atoms with Crippen molar-refractivity contribution in [1.29, 1.82) is 0 Å². The predicted molar refractivity (Wildman–Crippen MR) is 75.0 cm³/mol. The second-order valence-corrected chi connectivity index (χ2v) is 7.29. The quantitative estimate of drug-likeness (QED) is 0.599. The van der Waals surface area contributed by atoms with E-state index in [0.29, 0.717) is 24.1 Å². The van der Waals surface area contributed by atoms with Crippen LogP contribution in [0.4, 0.5) is 5.69 Å². The minimum atomic E-state index is -3.94. The molecule has 0 aromatic heterocycles. The normalized spacial score (nSPS) is 19.4. The van der Waals surface area contributed by atoms with Crippen molar-refractivity contribution in [3.63, 3.8) is 0 Å². The molecule has 1 aromatic rings. The zero-order valence-electron chi connectivity index (χ0n) is 10.7. The number of ether oxygens (including phenoxy) is 1. The van der Waals surface area contributed by atoms with Gasteiger partial charge < -0.3 is 4.74 Å². The number of hydrogen-bond acceptors (Lipinski definition) is 5. The Morgan fingerprint density at radius 2 is 2.20 bits per heavy atom. The smallest absolute Gasteiger partial charge is 0.289 e. The second-order valence-electron chi connectivity index (χ2n) is 4.41.